The van der Waals surface area contributed by atoms with Crippen molar-refractivity contribution in [2.75, 3.05) is 25.0 Å². The molecule has 0 spiro atoms. The maximum absolute atomic E-state index is 12.6. The molecule has 0 unspecified atom stereocenters. The number of ether oxygens (including phenoxy) is 1. The van der Waals surface area contributed by atoms with Gasteiger partial charge in [0.1, 0.15) is 4.21 Å². The molecule has 9 heteroatoms. The van der Waals surface area contributed by atoms with E-state index in [2.05, 4.69) is 12.2 Å². The fourth-order valence-electron chi connectivity index (χ4n) is 3.46. The topological polar surface area (TPSA) is 92.8 Å². The van der Waals surface area contributed by atoms with Crippen LogP contribution in [0.3, 0.4) is 0 Å². The van der Waals surface area contributed by atoms with Gasteiger partial charge < -0.3 is 10.1 Å². The van der Waals surface area contributed by atoms with Gasteiger partial charge in [0.2, 0.25) is 0 Å². The van der Waals surface area contributed by atoms with Gasteiger partial charge in [0.05, 0.1) is 5.92 Å². The molecule has 1 N–H and O–H groups in total. The van der Waals surface area contributed by atoms with Crippen LogP contribution in [0.5, 0.6) is 0 Å². The first kappa shape index (κ1) is 23.4. The molecular formula is C22H28N2O5S2. The normalized spacial score (nSPS) is 15.5. The first-order chi connectivity index (χ1) is 14.9. The Labute approximate surface area is 187 Å². The molecule has 1 aromatic heterocycles. The molecule has 2 aromatic rings. The summed E-state index contributed by atoms with van der Waals surface area (Å²) in [4.78, 5) is 24.4. The van der Waals surface area contributed by atoms with E-state index in [1.807, 2.05) is 24.3 Å². The molecule has 1 saturated heterocycles. The minimum absolute atomic E-state index is 0.260. The van der Waals surface area contributed by atoms with E-state index in [-0.39, 0.29) is 19.7 Å². The molecule has 1 aliphatic heterocycles. The number of nitrogens with zero attached hydrogens (tertiary/aromatic N) is 1. The van der Waals surface area contributed by atoms with Crippen LogP contribution in [0.4, 0.5) is 5.69 Å². The van der Waals surface area contributed by atoms with Crippen LogP contribution < -0.4 is 5.32 Å². The molecule has 168 valence electrons. The highest BCUT2D eigenvalue weighted by Gasteiger charge is 2.33. The average Bonchev–Trinajstić information content (AvgIpc) is 3.33. The number of hydrogen-bond acceptors (Lipinski definition) is 6. The van der Waals surface area contributed by atoms with Crippen molar-refractivity contribution in [3.05, 3.63) is 47.3 Å². The lowest BCUT2D eigenvalue weighted by atomic mass is 9.98. The van der Waals surface area contributed by atoms with Crippen LogP contribution in [0.1, 0.15) is 38.2 Å². The number of anilines is 1. The zero-order chi connectivity index (χ0) is 22.3. The standard InChI is InChI=1S/C22H28N2O5S2/c1-2-3-5-17-7-9-19(10-8-17)23-20(25)16-29-22(26)18-11-13-24(14-12-18)31(27,28)21-6-4-15-30-21/h4,6-10,15,18H,2-3,5,11-14,16H2,1H3,(H,23,25). The number of carbonyl (C=O) groups is 2. The van der Waals surface area contributed by atoms with Crippen molar-refractivity contribution < 1.29 is 22.7 Å². The number of amides is 1. The van der Waals surface area contributed by atoms with Crippen LogP contribution >= 0.6 is 11.3 Å². The lowest BCUT2D eigenvalue weighted by Crippen LogP contribution is -2.40. The summed E-state index contributed by atoms with van der Waals surface area (Å²) in [5, 5.41) is 4.45. The van der Waals surface area contributed by atoms with Gasteiger partial charge in [-0.2, -0.15) is 4.31 Å². The number of sulfonamides is 1. The number of rotatable bonds is 9. The van der Waals surface area contributed by atoms with E-state index < -0.39 is 27.8 Å². The van der Waals surface area contributed by atoms with Gasteiger partial charge in [-0.25, -0.2) is 8.42 Å². The Morgan fingerprint density at radius 2 is 1.87 bits per heavy atom. The Balaban J connectivity index is 1.41. The number of piperidine rings is 1. The maximum Gasteiger partial charge on any atom is 0.309 e. The largest absolute Gasteiger partial charge is 0.455 e. The van der Waals surface area contributed by atoms with E-state index in [1.54, 1.807) is 17.5 Å². The predicted octanol–water partition coefficient (Wildman–Crippen LogP) is 3.67. The smallest absolute Gasteiger partial charge is 0.309 e. The number of thiophene rings is 1. The Hall–Kier alpha value is -2.23. The molecule has 0 bridgehead atoms. The summed E-state index contributed by atoms with van der Waals surface area (Å²) in [6.07, 6.45) is 4.03. The third-order valence-corrected chi connectivity index (χ3v) is 8.55. The summed E-state index contributed by atoms with van der Waals surface area (Å²) in [6, 6.07) is 10.9. The number of hydrogen-bond donors (Lipinski definition) is 1. The van der Waals surface area contributed by atoms with Gasteiger partial charge in [0, 0.05) is 18.8 Å². The molecule has 0 aliphatic carbocycles. The molecule has 0 saturated carbocycles. The predicted molar refractivity (Wildman–Crippen MR) is 120 cm³/mol. The first-order valence-electron chi connectivity index (χ1n) is 10.5. The fourth-order valence-corrected chi connectivity index (χ4v) is 6.07. The number of nitrogens with one attached hydrogen (secondary N) is 1. The molecule has 0 atom stereocenters. The summed E-state index contributed by atoms with van der Waals surface area (Å²) in [5.74, 6) is -1.26. The lowest BCUT2D eigenvalue weighted by molar-refractivity contribution is -0.152. The van der Waals surface area contributed by atoms with Gasteiger partial charge in [0.15, 0.2) is 6.61 Å². The van der Waals surface area contributed by atoms with Crippen molar-refractivity contribution in [1.82, 2.24) is 4.31 Å². The lowest BCUT2D eigenvalue weighted by Gasteiger charge is -2.29. The Kier molecular flexibility index (Phi) is 8.22. The molecule has 2 heterocycles. The molecule has 0 radical (unpaired) electrons. The van der Waals surface area contributed by atoms with Crippen molar-refractivity contribution >= 4 is 38.9 Å². The number of unbranched alkanes of at least 4 members (excludes halogenated alkanes) is 1. The summed E-state index contributed by atoms with van der Waals surface area (Å²) >= 11 is 1.18. The van der Waals surface area contributed by atoms with Gasteiger partial charge in [-0.05, 0) is 54.8 Å². The second kappa shape index (κ2) is 10.9. The van der Waals surface area contributed by atoms with Crippen molar-refractivity contribution in [3.63, 3.8) is 0 Å². The molecule has 3 rings (SSSR count). The summed E-state index contributed by atoms with van der Waals surface area (Å²) in [5.41, 5.74) is 1.88. The minimum atomic E-state index is -3.50. The molecule has 31 heavy (non-hydrogen) atoms. The Bertz CT molecular complexity index is 964. The molecule has 1 aromatic carbocycles. The van der Waals surface area contributed by atoms with Gasteiger partial charge in [-0.1, -0.05) is 31.5 Å². The van der Waals surface area contributed by atoms with Crippen molar-refractivity contribution in [2.24, 2.45) is 5.92 Å². The monoisotopic (exact) mass is 464 g/mol. The fraction of sp³-hybridized carbons (Fsp3) is 0.455. The van der Waals surface area contributed by atoms with Gasteiger partial charge in [-0.15, -0.1) is 11.3 Å². The SMILES string of the molecule is CCCCc1ccc(NC(=O)COC(=O)C2CCN(S(=O)(=O)c3cccs3)CC2)cc1. The highest BCUT2D eigenvalue weighted by Crippen LogP contribution is 2.26. The van der Waals surface area contributed by atoms with E-state index in [4.69, 9.17) is 4.74 Å². The summed E-state index contributed by atoms with van der Waals surface area (Å²) in [7, 11) is -3.50. The third-order valence-electron chi connectivity index (χ3n) is 5.28. The third kappa shape index (κ3) is 6.38. The average molecular weight is 465 g/mol. The minimum Gasteiger partial charge on any atom is -0.455 e. The van der Waals surface area contributed by atoms with Crippen LogP contribution in [0.2, 0.25) is 0 Å². The summed E-state index contributed by atoms with van der Waals surface area (Å²) < 4.78 is 32.0. The van der Waals surface area contributed by atoms with Crippen molar-refractivity contribution in [2.45, 2.75) is 43.2 Å². The number of esters is 1. The van der Waals surface area contributed by atoms with E-state index in [1.165, 1.54) is 21.2 Å². The van der Waals surface area contributed by atoms with Crippen LogP contribution in [0, 0.1) is 5.92 Å². The molecule has 1 aliphatic rings. The molecule has 1 amide bonds. The highest BCUT2D eigenvalue weighted by atomic mass is 32.2. The Morgan fingerprint density at radius 1 is 1.16 bits per heavy atom. The van der Waals surface area contributed by atoms with Gasteiger partial charge in [0.25, 0.3) is 15.9 Å². The number of aryl methyl sites for hydroxylation is 1. The summed E-state index contributed by atoms with van der Waals surface area (Å²) in [6.45, 7) is 2.31. The maximum atomic E-state index is 12.6. The zero-order valence-electron chi connectivity index (χ0n) is 17.6. The quantitative estimate of drug-likeness (QED) is 0.572. The van der Waals surface area contributed by atoms with E-state index in [0.29, 0.717) is 22.7 Å². The van der Waals surface area contributed by atoms with E-state index in [9.17, 15) is 18.0 Å². The number of carbonyl (C=O) groups excluding carboxylic acids is 2. The second-order valence-corrected chi connectivity index (χ2v) is 10.7. The Morgan fingerprint density at radius 3 is 2.48 bits per heavy atom. The number of benzene rings is 1. The van der Waals surface area contributed by atoms with Crippen molar-refractivity contribution in [3.8, 4) is 0 Å². The highest BCUT2D eigenvalue weighted by molar-refractivity contribution is 7.91. The van der Waals surface area contributed by atoms with Crippen LogP contribution in [0.15, 0.2) is 46.0 Å². The van der Waals surface area contributed by atoms with Crippen LogP contribution in [-0.2, 0) is 30.8 Å². The molecule has 1 fully saturated rings. The first-order valence-corrected chi connectivity index (χ1v) is 12.8. The van der Waals surface area contributed by atoms with E-state index in [0.717, 1.165) is 19.3 Å². The van der Waals surface area contributed by atoms with Gasteiger partial charge >= 0.3 is 5.97 Å². The zero-order valence-corrected chi connectivity index (χ0v) is 19.2. The van der Waals surface area contributed by atoms with E-state index >= 15 is 0 Å². The van der Waals surface area contributed by atoms with Crippen molar-refractivity contribution in [1.29, 1.82) is 0 Å². The van der Waals surface area contributed by atoms with Crippen LogP contribution in [0.25, 0.3) is 0 Å². The van der Waals surface area contributed by atoms with Crippen LogP contribution in [-0.4, -0.2) is 44.3 Å². The second-order valence-electron chi connectivity index (χ2n) is 7.57. The molecule has 7 nitrogen and oxygen atoms in total. The van der Waals surface area contributed by atoms with Gasteiger partial charge in [-0.3, -0.25) is 9.59 Å². The molecular weight excluding hydrogens is 436 g/mol.